The molecule has 5 nitrogen and oxygen atoms in total. The van der Waals surface area contributed by atoms with Crippen molar-refractivity contribution in [3.05, 3.63) is 0 Å². The maximum absolute atomic E-state index is 12.1. The molecule has 3 aliphatic heterocycles. The number of hydrogen-bond acceptors (Lipinski definition) is 4. The van der Waals surface area contributed by atoms with Gasteiger partial charge >= 0.3 is 6.09 Å². The van der Waals surface area contributed by atoms with E-state index >= 15 is 0 Å². The van der Waals surface area contributed by atoms with E-state index in [4.69, 9.17) is 9.47 Å². The average molecular weight is 310 g/mol. The molecule has 1 amide bonds. The van der Waals surface area contributed by atoms with E-state index in [1.54, 1.807) is 0 Å². The van der Waals surface area contributed by atoms with Crippen molar-refractivity contribution in [2.24, 2.45) is 0 Å². The first-order valence-electron chi connectivity index (χ1n) is 8.73. The standard InChI is InChI=1S/C17H30N2O3/c1-16(2,3)22-15(20)19-10-6-17(7-11-19)12-14(13-21-17)18-8-4-5-9-18/h14H,4-13H2,1-3H3/t14-/m0/s1. The van der Waals surface area contributed by atoms with Gasteiger partial charge in [-0.1, -0.05) is 0 Å². The van der Waals surface area contributed by atoms with Crippen LogP contribution in [0.4, 0.5) is 4.79 Å². The van der Waals surface area contributed by atoms with Crippen LogP contribution in [0.3, 0.4) is 0 Å². The summed E-state index contributed by atoms with van der Waals surface area (Å²) in [5.41, 5.74) is -0.414. The number of nitrogens with zero attached hydrogens (tertiary/aromatic N) is 2. The van der Waals surface area contributed by atoms with Crippen LogP contribution in [-0.2, 0) is 9.47 Å². The molecular weight excluding hydrogens is 280 g/mol. The van der Waals surface area contributed by atoms with Crippen molar-refractivity contribution >= 4 is 6.09 Å². The Kier molecular flexibility index (Phi) is 4.38. The lowest BCUT2D eigenvalue weighted by Gasteiger charge is -2.39. The van der Waals surface area contributed by atoms with Crippen LogP contribution in [0.1, 0.15) is 52.9 Å². The van der Waals surface area contributed by atoms with E-state index in [9.17, 15) is 4.79 Å². The Morgan fingerprint density at radius 2 is 1.77 bits per heavy atom. The summed E-state index contributed by atoms with van der Waals surface area (Å²) in [5.74, 6) is 0. The summed E-state index contributed by atoms with van der Waals surface area (Å²) in [6.07, 6.45) is 5.49. The summed E-state index contributed by atoms with van der Waals surface area (Å²) in [6.45, 7) is 10.6. The zero-order valence-corrected chi connectivity index (χ0v) is 14.3. The molecule has 0 aromatic heterocycles. The lowest BCUT2D eigenvalue weighted by molar-refractivity contribution is -0.0488. The Morgan fingerprint density at radius 1 is 1.14 bits per heavy atom. The van der Waals surface area contributed by atoms with Crippen molar-refractivity contribution in [3.8, 4) is 0 Å². The molecule has 3 aliphatic rings. The second-order valence-electron chi connectivity index (χ2n) is 8.06. The first-order valence-corrected chi connectivity index (χ1v) is 8.73. The molecule has 3 fully saturated rings. The number of rotatable bonds is 1. The number of carbonyl (C=O) groups excluding carboxylic acids is 1. The molecule has 3 heterocycles. The summed E-state index contributed by atoms with van der Waals surface area (Å²) in [5, 5.41) is 0. The van der Waals surface area contributed by atoms with E-state index in [1.165, 1.54) is 25.9 Å². The predicted octanol–water partition coefficient (Wildman–Crippen LogP) is 2.64. The number of amides is 1. The zero-order chi connectivity index (χ0) is 15.8. The van der Waals surface area contributed by atoms with Crippen LogP contribution in [-0.4, -0.2) is 65.9 Å². The Morgan fingerprint density at radius 3 is 2.36 bits per heavy atom. The van der Waals surface area contributed by atoms with Crippen LogP contribution in [0.15, 0.2) is 0 Å². The van der Waals surface area contributed by atoms with Crippen molar-refractivity contribution in [1.29, 1.82) is 0 Å². The molecule has 0 bridgehead atoms. The van der Waals surface area contributed by atoms with Gasteiger partial charge in [-0.15, -0.1) is 0 Å². The van der Waals surface area contributed by atoms with Gasteiger partial charge in [-0.25, -0.2) is 4.79 Å². The molecule has 0 radical (unpaired) electrons. The van der Waals surface area contributed by atoms with E-state index in [0.717, 1.165) is 39.0 Å². The topological polar surface area (TPSA) is 42.0 Å². The quantitative estimate of drug-likeness (QED) is 0.747. The number of ether oxygens (including phenoxy) is 2. The molecule has 0 saturated carbocycles. The third kappa shape index (κ3) is 3.57. The van der Waals surface area contributed by atoms with Gasteiger partial charge in [0.25, 0.3) is 0 Å². The smallest absolute Gasteiger partial charge is 0.410 e. The van der Waals surface area contributed by atoms with Crippen LogP contribution in [0, 0.1) is 0 Å². The lowest BCUT2D eigenvalue weighted by Crippen LogP contribution is -2.48. The highest BCUT2D eigenvalue weighted by Gasteiger charge is 2.45. The molecule has 3 saturated heterocycles. The molecule has 0 aromatic carbocycles. The number of likely N-dealkylation sites (tertiary alicyclic amines) is 2. The van der Waals surface area contributed by atoms with E-state index in [-0.39, 0.29) is 11.7 Å². The Bertz CT molecular complexity index is 405. The minimum Gasteiger partial charge on any atom is -0.444 e. The molecule has 0 N–H and O–H groups in total. The third-order valence-electron chi connectivity index (χ3n) is 5.17. The molecule has 0 aromatic rings. The van der Waals surface area contributed by atoms with Gasteiger partial charge in [0.1, 0.15) is 5.60 Å². The van der Waals surface area contributed by atoms with Crippen molar-refractivity contribution in [2.75, 3.05) is 32.8 Å². The van der Waals surface area contributed by atoms with Gasteiger partial charge in [-0.2, -0.15) is 0 Å². The van der Waals surface area contributed by atoms with Gasteiger partial charge in [0.2, 0.25) is 0 Å². The first-order chi connectivity index (χ1) is 10.4. The molecular formula is C17H30N2O3. The van der Waals surface area contributed by atoms with Crippen molar-refractivity contribution in [1.82, 2.24) is 9.80 Å². The van der Waals surface area contributed by atoms with Gasteiger partial charge in [-0.05, 0) is 66.0 Å². The van der Waals surface area contributed by atoms with Gasteiger partial charge in [0.15, 0.2) is 0 Å². The Hall–Kier alpha value is -0.810. The van der Waals surface area contributed by atoms with Gasteiger partial charge < -0.3 is 14.4 Å². The van der Waals surface area contributed by atoms with E-state index < -0.39 is 5.60 Å². The third-order valence-corrected chi connectivity index (χ3v) is 5.17. The minimum atomic E-state index is -0.420. The van der Waals surface area contributed by atoms with Crippen molar-refractivity contribution in [3.63, 3.8) is 0 Å². The van der Waals surface area contributed by atoms with Gasteiger partial charge in [0.05, 0.1) is 12.2 Å². The number of piperidine rings is 1. The molecule has 0 unspecified atom stereocenters. The first kappa shape index (κ1) is 16.1. The average Bonchev–Trinajstić information content (AvgIpc) is 3.07. The van der Waals surface area contributed by atoms with Crippen LogP contribution < -0.4 is 0 Å². The molecule has 1 spiro atoms. The number of hydrogen-bond donors (Lipinski definition) is 0. The fraction of sp³-hybridized carbons (Fsp3) is 0.941. The maximum atomic E-state index is 12.1. The van der Waals surface area contributed by atoms with Crippen LogP contribution in [0.25, 0.3) is 0 Å². The number of carbonyl (C=O) groups is 1. The highest BCUT2D eigenvalue weighted by molar-refractivity contribution is 5.68. The molecule has 22 heavy (non-hydrogen) atoms. The SMILES string of the molecule is CC(C)(C)OC(=O)N1CCC2(CC1)C[C@H](N1CCCC1)CO2. The summed E-state index contributed by atoms with van der Waals surface area (Å²) in [6, 6.07) is 0.593. The van der Waals surface area contributed by atoms with Crippen LogP contribution >= 0.6 is 0 Å². The monoisotopic (exact) mass is 310 g/mol. The summed E-state index contributed by atoms with van der Waals surface area (Å²) in [7, 11) is 0. The van der Waals surface area contributed by atoms with E-state index in [0.29, 0.717) is 6.04 Å². The Balaban J connectivity index is 1.50. The fourth-order valence-corrected chi connectivity index (χ4v) is 3.93. The van der Waals surface area contributed by atoms with E-state index in [1.807, 2.05) is 25.7 Å². The molecule has 126 valence electrons. The molecule has 5 heteroatoms. The maximum Gasteiger partial charge on any atom is 0.410 e. The van der Waals surface area contributed by atoms with E-state index in [2.05, 4.69) is 4.90 Å². The minimum absolute atomic E-state index is 0.00572. The van der Waals surface area contributed by atoms with Crippen LogP contribution in [0.2, 0.25) is 0 Å². The molecule has 3 rings (SSSR count). The predicted molar refractivity (Wildman–Crippen MR) is 84.9 cm³/mol. The second-order valence-corrected chi connectivity index (χ2v) is 8.06. The fourth-order valence-electron chi connectivity index (χ4n) is 3.93. The van der Waals surface area contributed by atoms with Crippen molar-refractivity contribution < 1.29 is 14.3 Å². The van der Waals surface area contributed by atoms with Gasteiger partial charge in [0, 0.05) is 19.1 Å². The summed E-state index contributed by atoms with van der Waals surface area (Å²) in [4.78, 5) is 16.6. The lowest BCUT2D eigenvalue weighted by atomic mass is 9.87. The molecule has 1 atom stereocenters. The van der Waals surface area contributed by atoms with Gasteiger partial charge in [-0.3, -0.25) is 4.90 Å². The molecule has 0 aliphatic carbocycles. The highest BCUT2D eigenvalue weighted by atomic mass is 16.6. The zero-order valence-electron chi connectivity index (χ0n) is 14.3. The normalized spacial score (nSPS) is 29.2. The largest absolute Gasteiger partial charge is 0.444 e. The van der Waals surface area contributed by atoms with Crippen LogP contribution in [0.5, 0.6) is 0 Å². The summed E-state index contributed by atoms with van der Waals surface area (Å²) < 4.78 is 11.7. The van der Waals surface area contributed by atoms with Crippen molar-refractivity contribution in [2.45, 2.75) is 70.1 Å². The summed E-state index contributed by atoms with van der Waals surface area (Å²) >= 11 is 0. The highest BCUT2D eigenvalue weighted by Crippen LogP contribution is 2.38. The Labute approximate surface area is 133 Å². The second kappa shape index (κ2) is 6.00.